The molecule has 2 aromatic carbocycles. The third-order valence-electron chi connectivity index (χ3n) is 3.01. The first kappa shape index (κ1) is 13.1. The van der Waals surface area contributed by atoms with Crippen molar-refractivity contribution in [3.8, 4) is 5.75 Å². The molecule has 0 saturated heterocycles. The van der Waals surface area contributed by atoms with Gasteiger partial charge in [-0.05, 0) is 43.2 Å². The number of aryl methyl sites for hydroxylation is 1. The fourth-order valence-electron chi connectivity index (χ4n) is 1.95. The number of hydrogen-bond acceptors (Lipinski definition) is 2. The molecule has 2 aromatic rings. The van der Waals surface area contributed by atoms with Gasteiger partial charge in [0.05, 0.1) is 5.56 Å². The summed E-state index contributed by atoms with van der Waals surface area (Å²) in [5.74, 6) is -0.237. The highest BCUT2D eigenvalue weighted by molar-refractivity contribution is 5.89. The van der Waals surface area contributed by atoms with Gasteiger partial charge in [-0.1, -0.05) is 30.3 Å². The maximum Gasteiger partial charge on any atom is 0.335 e. The van der Waals surface area contributed by atoms with Gasteiger partial charge in [-0.15, -0.1) is 0 Å². The fraction of sp³-hybridized carbons (Fsp3) is 0.188. The standard InChI is InChI=1S/C16H16O3/c1-11-10-14(8-9-15(11)16(17)18)19-12(2)13-6-4-3-5-7-13/h3-10,12H,1-2H3,(H,17,18). The summed E-state index contributed by atoms with van der Waals surface area (Å²) in [6, 6.07) is 14.9. The van der Waals surface area contributed by atoms with Gasteiger partial charge in [0.2, 0.25) is 0 Å². The number of carbonyl (C=O) groups is 1. The molecule has 1 N–H and O–H groups in total. The second kappa shape index (κ2) is 5.57. The predicted octanol–water partition coefficient (Wildman–Crippen LogP) is 3.83. The fourth-order valence-corrected chi connectivity index (χ4v) is 1.95. The van der Waals surface area contributed by atoms with E-state index in [0.29, 0.717) is 16.9 Å². The van der Waals surface area contributed by atoms with Crippen LogP contribution in [0.2, 0.25) is 0 Å². The molecule has 1 unspecified atom stereocenters. The number of hydrogen-bond donors (Lipinski definition) is 1. The van der Waals surface area contributed by atoms with Crippen molar-refractivity contribution >= 4 is 5.97 Å². The van der Waals surface area contributed by atoms with Crippen LogP contribution in [0.15, 0.2) is 48.5 Å². The molecule has 0 heterocycles. The average Bonchev–Trinajstić information content (AvgIpc) is 2.39. The van der Waals surface area contributed by atoms with Gasteiger partial charge in [0.15, 0.2) is 0 Å². The summed E-state index contributed by atoms with van der Waals surface area (Å²) >= 11 is 0. The van der Waals surface area contributed by atoms with Gasteiger partial charge in [-0.25, -0.2) is 4.79 Å². The zero-order chi connectivity index (χ0) is 13.8. The third kappa shape index (κ3) is 3.13. The quantitative estimate of drug-likeness (QED) is 0.904. The van der Waals surface area contributed by atoms with Crippen molar-refractivity contribution in [3.05, 3.63) is 65.2 Å². The molecule has 2 rings (SSSR count). The number of rotatable bonds is 4. The Labute approximate surface area is 112 Å². The lowest BCUT2D eigenvalue weighted by atomic mass is 10.1. The van der Waals surface area contributed by atoms with Crippen LogP contribution in [-0.2, 0) is 0 Å². The number of benzene rings is 2. The van der Waals surface area contributed by atoms with Gasteiger partial charge in [0, 0.05) is 0 Å². The summed E-state index contributed by atoms with van der Waals surface area (Å²) in [6.07, 6.45) is -0.0729. The molecule has 0 spiro atoms. The minimum absolute atomic E-state index is 0.0729. The monoisotopic (exact) mass is 256 g/mol. The van der Waals surface area contributed by atoms with Crippen LogP contribution in [0.5, 0.6) is 5.75 Å². The van der Waals surface area contributed by atoms with E-state index in [9.17, 15) is 4.79 Å². The van der Waals surface area contributed by atoms with Crippen LogP contribution < -0.4 is 4.74 Å². The molecule has 0 radical (unpaired) electrons. The lowest BCUT2D eigenvalue weighted by Crippen LogP contribution is -2.04. The highest BCUT2D eigenvalue weighted by atomic mass is 16.5. The normalized spacial score (nSPS) is 11.9. The summed E-state index contributed by atoms with van der Waals surface area (Å²) in [7, 11) is 0. The van der Waals surface area contributed by atoms with E-state index in [1.807, 2.05) is 37.3 Å². The molecule has 3 nitrogen and oxygen atoms in total. The molecule has 0 aliphatic heterocycles. The van der Waals surface area contributed by atoms with Crippen LogP contribution >= 0.6 is 0 Å². The smallest absolute Gasteiger partial charge is 0.335 e. The lowest BCUT2D eigenvalue weighted by molar-refractivity contribution is 0.0696. The van der Waals surface area contributed by atoms with Crippen molar-refractivity contribution in [1.29, 1.82) is 0 Å². The molecule has 98 valence electrons. The van der Waals surface area contributed by atoms with E-state index < -0.39 is 5.97 Å². The van der Waals surface area contributed by atoms with Crippen LogP contribution in [-0.4, -0.2) is 11.1 Å². The van der Waals surface area contributed by atoms with E-state index >= 15 is 0 Å². The van der Waals surface area contributed by atoms with Gasteiger partial charge in [0.1, 0.15) is 11.9 Å². The Morgan fingerprint density at radius 3 is 2.42 bits per heavy atom. The summed E-state index contributed by atoms with van der Waals surface area (Å²) < 4.78 is 5.82. The SMILES string of the molecule is Cc1cc(OC(C)c2ccccc2)ccc1C(=O)O. The molecule has 0 bridgehead atoms. The van der Waals surface area contributed by atoms with E-state index in [2.05, 4.69) is 0 Å². The minimum Gasteiger partial charge on any atom is -0.486 e. The van der Waals surface area contributed by atoms with Crippen LogP contribution in [0.3, 0.4) is 0 Å². The third-order valence-corrected chi connectivity index (χ3v) is 3.01. The molecular weight excluding hydrogens is 240 g/mol. The second-order valence-corrected chi connectivity index (χ2v) is 4.45. The van der Waals surface area contributed by atoms with E-state index in [1.165, 1.54) is 0 Å². The van der Waals surface area contributed by atoms with Crippen molar-refractivity contribution in [2.24, 2.45) is 0 Å². The Balaban J connectivity index is 2.16. The summed E-state index contributed by atoms with van der Waals surface area (Å²) in [5, 5.41) is 8.98. The van der Waals surface area contributed by atoms with Gasteiger partial charge >= 0.3 is 5.97 Å². The van der Waals surface area contributed by atoms with Crippen LogP contribution in [0.1, 0.15) is 34.5 Å². The van der Waals surface area contributed by atoms with Crippen LogP contribution in [0.25, 0.3) is 0 Å². The number of ether oxygens (including phenoxy) is 1. The van der Waals surface area contributed by atoms with E-state index in [4.69, 9.17) is 9.84 Å². The van der Waals surface area contributed by atoms with Crippen molar-refractivity contribution in [3.63, 3.8) is 0 Å². The highest BCUT2D eigenvalue weighted by Gasteiger charge is 2.10. The predicted molar refractivity (Wildman–Crippen MR) is 73.6 cm³/mol. The van der Waals surface area contributed by atoms with E-state index in [0.717, 1.165) is 5.56 Å². The molecule has 3 heteroatoms. The first-order valence-electron chi connectivity index (χ1n) is 6.13. The van der Waals surface area contributed by atoms with E-state index in [1.54, 1.807) is 25.1 Å². The number of aromatic carboxylic acids is 1. The molecule has 0 aliphatic rings. The zero-order valence-corrected chi connectivity index (χ0v) is 11.0. The second-order valence-electron chi connectivity index (χ2n) is 4.45. The van der Waals surface area contributed by atoms with Gasteiger partial charge < -0.3 is 9.84 Å². The molecule has 0 aliphatic carbocycles. The molecule has 0 amide bonds. The molecular formula is C16H16O3. The summed E-state index contributed by atoms with van der Waals surface area (Å²) in [6.45, 7) is 3.74. The van der Waals surface area contributed by atoms with Crippen molar-refractivity contribution in [2.45, 2.75) is 20.0 Å². The van der Waals surface area contributed by atoms with Crippen molar-refractivity contribution < 1.29 is 14.6 Å². The lowest BCUT2D eigenvalue weighted by Gasteiger charge is -2.15. The molecule has 0 saturated carbocycles. The van der Waals surface area contributed by atoms with Crippen LogP contribution in [0.4, 0.5) is 0 Å². The first-order valence-corrected chi connectivity index (χ1v) is 6.13. The summed E-state index contributed by atoms with van der Waals surface area (Å²) in [5.41, 5.74) is 2.09. The topological polar surface area (TPSA) is 46.5 Å². The minimum atomic E-state index is -0.917. The number of carboxylic acids is 1. The van der Waals surface area contributed by atoms with Gasteiger partial charge in [-0.3, -0.25) is 0 Å². The van der Waals surface area contributed by atoms with Gasteiger partial charge in [-0.2, -0.15) is 0 Å². The molecule has 0 aromatic heterocycles. The Morgan fingerprint density at radius 2 is 1.84 bits per heavy atom. The van der Waals surface area contributed by atoms with Crippen molar-refractivity contribution in [1.82, 2.24) is 0 Å². The van der Waals surface area contributed by atoms with Crippen molar-refractivity contribution in [2.75, 3.05) is 0 Å². The average molecular weight is 256 g/mol. The largest absolute Gasteiger partial charge is 0.486 e. The molecule has 1 atom stereocenters. The Bertz CT molecular complexity index is 576. The highest BCUT2D eigenvalue weighted by Crippen LogP contribution is 2.23. The Morgan fingerprint density at radius 1 is 1.16 bits per heavy atom. The molecule has 19 heavy (non-hydrogen) atoms. The zero-order valence-electron chi connectivity index (χ0n) is 11.0. The van der Waals surface area contributed by atoms with Gasteiger partial charge in [0.25, 0.3) is 0 Å². The Kier molecular flexibility index (Phi) is 3.85. The maximum atomic E-state index is 10.9. The molecule has 0 fully saturated rings. The van der Waals surface area contributed by atoms with E-state index in [-0.39, 0.29) is 6.10 Å². The van der Waals surface area contributed by atoms with Crippen LogP contribution in [0, 0.1) is 6.92 Å². The first-order chi connectivity index (χ1) is 9.08. The Hall–Kier alpha value is -2.29. The maximum absolute atomic E-state index is 10.9. The number of carboxylic acid groups (broad SMARTS) is 1. The summed E-state index contributed by atoms with van der Waals surface area (Å²) in [4.78, 5) is 10.9.